The summed E-state index contributed by atoms with van der Waals surface area (Å²) < 4.78 is 2.37. The number of hydrogen-bond donors (Lipinski definition) is 0. The van der Waals surface area contributed by atoms with Gasteiger partial charge in [0.25, 0.3) is 0 Å². The molecular formula is C49H30N4. The quantitative estimate of drug-likeness (QED) is 0.175. The van der Waals surface area contributed by atoms with E-state index in [2.05, 4.69) is 168 Å². The van der Waals surface area contributed by atoms with Crippen LogP contribution in [0.2, 0.25) is 0 Å². The van der Waals surface area contributed by atoms with Crippen molar-refractivity contribution in [2.24, 2.45) is 0 Å². The van der Waals surface area contributed by atoms with Gasteiger partial charge in [-0.25, -0.2) is 15.0 Å². The zero-order valence-corrected chi connectivity index (χ0v) is 28.6. The fourth-order valence-electron chi connectivity index (χ4n) is 8.08. The summed E-state index contributed by atoms with van der Waals surface area (Å²) in [6, 6.07) is 64.5. The van der Waals surface area contributed by atoms with E-state index in [0.29, 0.717) is 17.5 Å². The molecule has 0 aliphatic heterocycles. The van der Waals surface area contributed by atoms with Crippen molar-refractivity contribution in [3.63, 3.8) is 0 Å². The minimum Gasteiger partial charge on any atom is -0.308 e. The van der Waals surface area contributed by atoms with Gasteiger partial charge in [0.15, 0.2) is 17.5 Å². The molecule has 0 amide bonds. The SMILES string of the molecule is c1ccc(-c2nc(-c3ccc4ccc5ccc6ccccc6c5c4c3)nc(-c3ccccc3-n3c4ccccc4c4cc5ccccc5cc43)n2)cc1. The van der Waals surface area contributed by atoms with Crippen LogP contribution in [0.15, 0.2) is 182 Å². The van der Waals surface area contributed by atoms with Crippen molar-refractivity contribution in [2.45, 2.75) is 0 Å². The van der Waals surface area contributed by atoms with Crippen LogP contribution in [-0.2, 0) is 0 Å². The van der Waals surface area contributed by atoms with Crippen LogP contribution in [0.1, 0.15) is 0 Å². The average Bonchev–Trinajstić information content (AvgIpc) is 3.55. The molecule has 0 bridgehead atoms. The molecule has 4 nitrogen and oxygen atoms in total. The van der Waals surface area contributed by atoms with Crippen molar-refractivity contribution in [1.82, 2.24) is 19.5 Å². The third-order valence-electron chi connectivity index (χ3n) is 10.6. The molecule has 0 spiro atoms. The molecule has 2 heterocycles. The lowest BCUT2D eigenvalue weighted by molar-refractivity contribution is 1.06. The van der Waals surface area contributed by atoms with E-state index in [0.717, 1.165) is 33.4 Å². The Morgan fingerprint density at radius 3 is 1.74 bits per heavy atom. The minimum absolute atomic E-state index is 0.625. The van der Waals surface area contributed by atoms with Crippen molar-refractivity contribution in [3.05, 3.63) is 182 Å². The Morgan fingerprint density at radius 1 is 0.321 bits per heavy atom. The summed E-state index contributed by atoms with van der Waals surface area (Å²) in [6.07, 6.45) is 0. The Labute approximate surface area is 305 Å². The molecule has 2 aromatic heterocycles. The number of nitrogens with zero attached hydrogens (tertiary/aromatic N) is 4. The molecule has 246 valence electrons. The van der Waals surface area contributed by atoms with Crippen LogP contribution in [0.4, 0.5) is 0 Å². The first-order chi connectivity index (χ1) is 26.3. The average molecular weight is 675 g/mol. The number of para-hydroxylation sites is 2. The highest BCUT2D eigenvalue weighted by Gasteiger charge is 2.20. The molecule has 0 atom stereocenters. The van der Waals surface area contributed by atoms with E-state index in [4.69, 9.17) is 15.0 Å². The predicted octanol–water partition coefficient (Wildman–Crippen LogP) is 12.6. The van der Waals surface area contributed by atoms with E-state index in [-0.39, 0.29) is 0 Å². The van der Waals surface area contributed by atoms with E-state index in [9.17, 15) is 0 Å². The minimum atomic E-state index is 0.625. The van der Waals surface area contributed by atoms with Crippen molar-refractivity contribution >= 4 is 64.9 Å². The van der Waals surface area contributed by atoms with Crippen molar-refractivity contribution in [1.29, 1.82) is 0 Å². The molecule has 11 rings (SSSR count). The van der Waals surface area contributed by atoms with Crippen LogP contribution in [0.25, 0.3) is 105 Å². The zero-order chi connectivity index (χ0) is 34.9. The summed E-state index contributed by atoms with van der Waals surface area (Å²) >= 11 is 0. The fourth-order valence-corrected chi connectivity index (χ4v) is 8.08. The number of rotatable bonds is 4. The van der Waals surface area contributed by atoms with Crippen LogP contribution in [0.5, 0.6) is 0 Å². The molecule has 53 heavy (non-hydrogen) atoms. The Hall–Kier alpha value is -7.17. The topological polar surface area (TPSA) is 43.6 Å². The van der Waals surface area contributed by atoms with Crippen molar-refractivity contribution < 1.29 is 0 Å². The fraction of sp³-hybridized carbons (Fsp3) is 0. The largest absolute Gasteiger partial charge is 0.308 e. The number of hydrogen-bond acceptors (Lipinski definition) is 3. The van der Waals surface area contributed by atoms with Crippen molar-refractivity contribution in [2.75, 3.05) is 0 Å². The van der Waals surface area contributed by atoms with Gasteiger partial charge >= 0.3 is 0 Å². The Kier molecular flexibility index (Phi) is 6.52. The maximum Gasteiger partial charge on any atom is 0.166 e. The van der Waals surface area contributed by atoms with Gasteiger partial charge in [0.05, 0.1) is 16.7 Å². The smallest absolute Gasteiger partial charge is 0.166 e. The van der Waals surface area contributed by atoms with E-state index in [1.807, 2.05) is 18.2 Å². The first kappa shape index (κ1) is 29.5. The highest BCUT2D eigenvalue weighted by atomic mass is 15.1. The summed E-state index contributed by atoms with van der Waals surface area (Å²) in [6.45, 7) is 0. The number of aromatic nitrogens is 4. The van der Waals surface area contributed by atoms with Crippen LogP contribution in [0.3, 0.4) is 0 Å². The van der Waals surface area contributed by atoms with Crippen molar-refractivity contribution in [3.8, 4) is 39.9 Å². The van der Waals surface area contributed by atoms with Gasteiger partial charge < -0.3 is 4.57 Å². The molecule has 0 radical (unpaired) electrons. The Morgan fingerprint density at radius 2 is 0.906 bits per heavy atom. The maximum absolute atomic E-state index is 5.29. The molecule has 4 heteroatoms. The molecule has 0 saturated carbocycles. The predicted molar refractivity (Wildman–Crippen MR) is 220 cm³/mol. The van der Waals surface area contributed by atoms with E-state index in [1.54, 1.807) is 0 Å². The second-order valence-electron chi connectivity index (χ2n) is 13.6. The Bertz CT molecular complexity index is 3230. The normalized spacial score (nSPS) is 11.8. The standard InChI is InChI=1S/C49H30N4/c1-2-13-34(14-3-1)47-50-48(37-27-24-32-23-26-33-25-22-31-12-6-7-17-38(31)46(33)41(32)29-37)52-49(51-47)40-19-9-11-21-44(40)53-43-20-10-8-18-39(43)42-28-35-15-4-5-16-36(35)30-45(42)53/h1-30H. The van der Waals surface area contributed by atoms with Gasteiger partial charge in [-0.15, -0.1) is 0 Å². The van der Waals surface area contributed by atoms with E-state index in [1.165, 1.54) is 53.9 Å². The maximum atomic E-state index is 5.29. The summed E-state index contributed by atoms with van der Waals surface area (Å²) in [4.78, 5) is 15.6. The zero-order valence-electron chi connectivity index (χ0n) is 28.6. The molecular weight excluding hydrogens is 645 g/mol. The van der Waals surface area contributed by atoms with Gasteiger partial charge in [0, 0.05) is 27.5 Å². The molecule has 0 aliphatic rings. The number of benzene rings is 9. The monoisotopic (exact) mass is 674 g/mol. The summed E-state index contributed by atoms with van der Waals surface area (Å²) in [5, 5.41) is 12.1. The summed E-state index contributed by atoms with van der Waals surface area (Å²) in [5.74, 6) is 1.90. The van der Waals surface area contributed by atoms with Crippen LogP contribution in [-0.4, -0.2) is 19.5 Å². The molecule has 9 aromatic carbocycles. The molecule has 0 saturated heterocycles. The first-order valence-corrected chi connectivity index (χ1v) is 17.9. The second kappa shape index (κ2) is 11.7. The van der Waals surface area contributed by atoms with Gasteiger partial charge in [0.1, 0.15) is 0 Å². The Balaban J connectivity index is 1.17. The molecule has 0 aliphatic carbocycles. The van der Waals surface area contributed by atoms with Crippen LogP contribution < -0.4 is 0 Å². The lowest BCUT2D eigenvalue weighted by atomic mass is 9.95. The van der Waals surface area contributed by atoms with Gasteiger partial charge in [-0.2, -0.15) is 0 Å². The van der Waals surface area contributed by atoms with Gasteiger partial charge in [0.2, 0.25) is 0 Å². The molecule has 11 aromatic rings. The summed E-state index contributed by atoms with van der Waals surface area (Å²) in [5.41, 5.74) is 6.11. The van der Waals surface area contributed by atoms with Crippen LogP contribution in [0, 0.1) is 0 Å². The van der Waals surface area contributed by atoms with Crippen LogP contribution >= 0.6 is 0 Å². The van der Waals surface area contributed by atoms with Gasteiger partial charge in [-0.3, -0.25) is 0 Å². The highest BCUT2D eigenvalue weighted by Crippen LogP contribution is 2.39. The molecule has 0 unspecified atom stereocenters. The highest BCUT2D eigenvalue weighted by molar-refractivity contribution is 6.20. The molecule has 0 N–H and O–H groups in total. The van der Waals surface area contributed by atoms with Gasteiger partial charge in [-0.05, 0) is 79.5 Å². The van der Waals surface area contributed by atoms with E-state index >= 15 is 0 Å². The first-order valence-electron chi connectivity index (χ1n) is 17.9. The summed E-state index contributed by atoms with van der Waals surface area (Å²) in [7, 11) is 0. The van der Waals surface area contributed by atoms with E-state index < -0.39 is 0 Å². The number of fused-ring (bicyclic) bond motifs is 9. The lowest BCUT2D eigenvalue weighted by Crippen LogP contribution is -2.03. The third-order valence-corrected chi connectivity index (χ3v) is 10.6. The third kappa shape index (κ3) is 4.73. The molecule has 0 fully saturated rings. The van der Waals surface area contributed by atoms with Gasteiger partial charge in [-0.1, -0.05) is 146 Å². The lowest BCUT2D eigenvalue weighted by Gasteiger charge is -2.15. The second-order valence-corrected chi connectivity index (χ2v) is 13.6.